The summed E-state index contributed by atoms with van der Waals surface area (Å²) >= 11 is 0. The number of rotatable bonds is 4. The molecule has 2 aliphatic carbocycles. The minimum absolute atomic E-state index is 0.213. The molecule has 1 fully saturated rings. The van der Waals surface area contributed by atoms with Gasteiger partial charge in [0, 0.05) is 26.1 Å². The summed E-state index contributed by atoms with van der Waals surface area (Å²) < 4.78 is 10.4. The first kappa shape index (κ1) is 10.1. The Hall–Kier alpha value is -0.380. The highest BCUT2D eigenvalue weighted by molar-refractivity contribution is 5.18. The number of ether oxygens (including phenoxy) is 2. The maximum Gasteiger partial charge on any atom is 0.0672 e. The zero-order valence-corrected chi connectivity index (χ0v) is 8.72. The van der Waals surface area contributed by atoms with Crippen molar-refractivity contribution in [2.45, 2.75) is 6.10 Å². The third-order valence-corrected chi connectivity index (χ3v) is 3.60. The van der Waals surface area contributed by atoms with E-state index in [4.69, 9.17) is 9.47 Å². The second-order valence-electron chi connectivity index (χ2n) is 4.27. The summed E-state index contributed by atoms with van der Waals surface area (Å²) in [6.45, 7) is 1.44. The van der Waals surface area contributed by atoms with Crippen LogP contribution in [0.4, 0.5) is 0 Å². The van der Waals surface area contributed by atoms with Gasteiger partial charge in [-0.1, -0.05) is 12.2 Å². The molecule has 0 aromatic heterocycles. The molecule has 0 amide bonds. The third-order valence-electron chi connectivity index (χ3n) is 3.60. The lowest BCUT2D eigenvalue weighted by atomic mass is 9.84. The van der Waals surface area contributed by atoms with Gasteiger partial charge in [0.25, 0.3) is 0 Å². The van der Waals surface area contributed by atoms with Crippen LogP contribution < -0.4 is 0 Å². The molecule has 5 atom stereocenters. The van der Waals surface area contributed by atoms with Crippen molar-refractivity contribution in [2.24, 2.45) is 23.7 Å². The normalized spacial score (nSPS) is 44.9. The molecule has 14 heavy (non-hydrogen) atoms. The van der Waals surface area contributed by atoms with Gasteiger partial charge < -0.3 is 14.6 Å². The fourth-order valence-electron chi connectivity index (χ4n) is 2.96. The predicted octanol–water partition coefficient (Wildman–Crippen LogP) is 0.688. The molecule has 1 saturated carbocycles. The van der Waals surface area contributed by atoms with E-state index < -0.39 is 0 Å². The van der Waals surface area contributed by atoms with Crippen molar-refractivity contribution in [3.05, 3.63) is 12.2 Å². The molecule has 0 saturated heterocycles. The number of aliphatic hydroxyl groups is 1. The molecule has 0 spiro atoms. The molecule has 0 heterocycles. The Kier molecular flexibility index (Phi) is 2.91. The minimum Gasteiger partial charge on any atom is -0.392 e. The molecule has 3 nitrogen and oxygen atoms in total. The van der Waals surface area contributed by atoms with Crippen molar-refractivity contribution in [2.75, 3.05) is 27.4 Å². The first-order valence-corrected chi connectivity index (χ1v) is 5.14. The van der Waals surface area contributed by atoms with Gasteiger partial charge in [0.1, 0.15) is 0 Å². The Morgan fingerprint density at radius 1 is 1.00 bits per heavy atom. The Labute approximate surface area is 84.7 Å². The van der Waals surface area contributed by atoms with Crippen molar-refractivity contribution >= 4 is 0 Å². The smallest absolute Gasteiger partial charge is 0.0672 e. The first-order chi connectivity index (χ1) is 6.79. The van der Waals surface area contributed by atoms with E-state index in [9.17, 15) is 5.11 Å². The topological polar surface area (TPSA) is 38.7 Å². The van der Waals surface area contributed by atoms with E-state index in [1.165, 1.54) is 0 Å². The SMILES string of the molecule is COC[C@@H]1[C@H](COC)[C@@H]2C=C[C@H]1C2O. The van der Waals surface area contributed by atoms with Crippen molar-refractivity contribution in [3.63, 3.8) is 0 Å². The van der Waals surface area contributed by atoms with Gasteiger partial charge in [-0.05, 0) is 11.8 Å². The summed E-state index contributed by atoms with van der Waals surface area (Å²) in [7, 11) is 3.43. The number of fused-ring (bicyclic) bond motifs is 2. The largest absolute Gasteiger partial charge is 0.392 e. The highest BCUT2D eigenvalue weighted by atomic mass is 16.5. The van der Waals surface area contributed by atoms with Crippen molar-refractivity contribution < 1.29 is 14.6 Å². The lowest BCUT2D eigenvalue weighted by Gasteiger charge is -2.25. The lowest BCUT2D eigenvalue weighted by Crippen LogP contribution is -2.27. The van der Waals surface area contributed by atoms with E-state index in [-0.39, 0.29) is 17.9 Å². The Balaban J connectivity index is 2.10. The van der Waals surface area contributed by atoms with Crippen LogP contribution in [0.1, 0.15) is 0 Å². The number of hydrogen-bond acceptors (Lipinski definition) is 3. The maximum atomic E-state index is 9.95. The highest BCUT2D eigenvalue weighted by Gasteiger charge is 2.50. The van der Waals surface area contributed by atoms with E-state index in [1.807, 2.05) is 0 Å². The van der Waals surface area contributed by atoms with Crippen LogP contribution in [0.2, 0.25) is 0 Å². The van der Waals surface area contributed by atoms with Crippen LogP contribution in [0.3, 0.4) is 0 Å². The van der Waals surface area contributed by atoms with E-state index in [2.05, 4.69) is 12.2 Å². The van der Waals surface area contributed by atoms with Gasteiger partial charge in [-0.25, -0.2) is 0 Å². The van der Waals surface area contributed by atoms with E-state index in [0.717, 1.165) is 13.2 Å². The summed E-state index contributed by atoms with van der Waals surface area (Å²) in [5.74, 6) is 1.40. The second kappa shape index (κ2) is 4.01. The molecular formula is C11H18O3. The standard InChI is InChI=1S/C11H18O3/c1-13-5-9-7-3-4-8(11(7)12)10(9)6-14-2/h3-4,7-12H,5-6H2,1-2H3/t7-,8+,9+,10-,11?. The van der Waals surface area contributed by atoms with Crippen LogP contribution in [0.5, 0.6) is 0 Å². The van der Waals surface area contributed by atoms with Gasteiger partial charge >= 0.3 is 0 Å². The van der Waals surface area contributed by atoms with Crippen LogP contribution in [0, 0.1) is 23.7 Å². The van der Waals surface area contributed by atoms with Crippen LogP contribution >= 0.6 is 0 Å². The zero-order valence-electron chi connectivity index (χ0n) is 8.72. The van der Waals surface area contributed by atoms with Crippen molar-refractivity contribution in [1.29, 1.82) is 0 Å². The summed E-state index contributed by atoms with van der Waals surface area (Å²) in [6, 6.07) is 0. The molecule has 2 rings (SSSR count). The van der Waals surface area contributed by atoms with Gasteiger partial charge in [0.2, 0.25) is 0 Å². The third kappa shape index (κ3) is 1.40. The Morgan fingerprint density at radius 3 is 1.79 bits per heavy atom. The van der Waals surface area contributed by atoms with Crippen LogP contribution in [0.15, 0.2) is 12.2 Å². The average Bonchev–Trinajstić information content (AvgIpc) is 2.64. The van der Waals surface area contributed by atoms with Crippen LogP contribution in [0.25, 0.3) is 0 Å². The predicted molar refractivity (Wildman–Crippen MR) is 52.9 cm³/mol. The molecule has 0 aliphatic heterocycles. The van der Waals surface area contributed by atoms with Gasteiger partial charge in [0.15, 0.2) is 0 Å². The summed E-state index contributed by atoms with van der Waals surface area (Å²) in [4.78, 5) is 0. The van der Waals surface area contributed by atoms with Crippen LogP contribution in [-0.4, -0.2) is 38.6 Å². The van der Waals surface area contributed by atoms with E-state index in [1.54, 1.807) is 14.2 Å². The summed E-state index contributed by atoms with van der Waals surface area (Å²) in [6.07, 6.45) is 4.05. The summed E-state index contributed by atoms with van der Waals surface area (Å²) in [5.41, 5.74) is 0. The van der Waals surface area contributed by atoms with Crippen molar-refractivity contribution in [3.8, 4) is 0 Å². The number of methoxy groups -OCH3 is 2. The zero-order chi connectivity index (χ0) is 10.1. The number of hydrogen-bond donors (Lipinski definition) is 1. The fourth-order valence-corrected chi connectivity index (χ4v) is 2.96. The molecular weight excluding hydrogens is 180 g/mol. The first-order valence-electron chi connectivity index (χ1n) is 5.14. The number of aliphatic hydroxyl groups excluding tert-OH is 1. The average molecular weight is 198 g/mol. The van der Waals surface area contributed by atoms with Crippen LogP contribution in [-0.2, 0) is 9.47 Å². The molecule has 0 aromatic carbocycles. The lowest BCUT2D eigenvalue weighted by molar-refractivity contribution is 0.0647. The Morgan fingerprint density at radius 2 is 1.43 bits per heavy atom. The highest BCUT2D eigenvalue weighted by Crippen LogP contribution is 2.48. The summed E-state index contributed by atoms with van der Waals surface area (Å²) in [5, 5.41) is 9.95. The molecule has 1 unspecified atom stereocenters. The molecule has 3 heteroatoms. The monoisotopic (exact) mass is 198 g/mol. The van der Waals surface area contributed by atoms with Gasteiger partial charge in [0.05, 0.1) is 19.3 Å². The van der Waals surface area contributed by atoms with Gasteiger partial charge in [-0.3, -0.25) is 0 Å². The quantitative estimate of drug-likeness (QED) is 0.675. The van der Waals surface area contributed by atoms with Gasteiger partial charge in [-0.15, -0.1) is 0 Å². The molecule has 80 valence electrons. The minimum atomic E-state index is -0.213. The molecule has 2 aliphatic rings. The Bertz CT molecular complexity index is 205. The van der Waals surface area contributed by atoms with E-state index >= 15 is 0 Å². The fraction of sp³-hybridized carbons (Fsp3) is 0.818. The van der Waals surface area contributed by atoms with Crippen molar-refractivity contribution in [1.82, 2.24) is 0 Å². The molecule has 0 aromatic rings. The molecule has 1 N–H and O–H groups in total. The molecule has 2 bridgehead atoms. The maximum absolute atomic E-state index is 9.95. The molecule has 0 radical (unpaired) electrons. The van der Waals surface area contributed by atoms with E-state index in [0.29, 0.717) is 11.8 Å². The van der Waals surface area contributed by atoms with Gasteiger partial charge in [-0.2, -0.15) is 0 Å². The second-order valence-corrected chi connectivity index (χ2v) is 4.27.